The minimum absolute atomic E-state index is 0.0268. The molecule has 1 amide bonds. The van der Waals surface area contributed by atoms with Crippen molar-refractivity contribution in [1.82, 2.24) is 10.6 Å². The maximum Gasteiger partial charge on any atom is 0.224 e. The van der Waals surface area contributed by atoms with Gasteiger partial charge in [0.25, 0.3) is 0 Å². The predicted octanol–water partition coefficient (Wildman–Crippen LogP) is -0.321. The van der Waals surface area contributed by atoms with E-state index in [1.165, 1.54) is 0 Å². The van der Waals surface area contributed by atoms with E-state index in [0.717, 1.165) is 32.4 Å². The van der Waals surface area contributed by atoms with Crippen LogP contribution in [0.5, 0.6) is 0 Å². The number of amides is 1. The van der Waals surface area contributed by atoms with E-state index in [4.69, 9.17) is 0 Å². The Bertz CT molecular complexity index is 372. The van der Waals surface area contributed by atoms with Crippen molar-refractivity contribution in [3.8, 4) is 0 Å². The monoisotopic (exact) mass is 260 g/mol. The molecule has 2 N–H and O–H groups in total. The summed E-state index contributed by atoms with van der Waals surface area (Å²) < 4.78 is 22.6. The molecule has 6 heteroatoms. The van der Waals surface area contributed by atoms with Crippen molar-refractivity contribution in [3.63, 3.8) is 0 Å². The molecule has 2 aliphatic heterocycles. The van der Waals surface area contributed by atoms with Crippen LogP contribution in [0.3, 0.4) is 0 Å². The SMILES string of the molecule is O=C(NC1CCCCNC1)C1CCS(=O)(=O)C1. The third-order valence-corrected chi connectivity index (χ3v) is 5.26. The Labute approximate surface area is 102 Å². The van der Waals surface area contributed by atoms with Gasteiger partial charge in [0.15, 0.2) is 9.84 Å². The van der Waals surface area contributed by atoms with Crippen LogP contribution >= 0.6 is 0 Å². The highest BCUT2D eigenvalue weighted by atomic mass is 32.2. The molecule has 2 rings (SSSR count). The van der Waals surface area contributed by atoms with Gasteiger partial charge in [-0.05, 0) is 25.8 Å². The summed E-state index contributed by atoms with van der Waals surface area (Å²) >= 11 is 0. The maximum atomic E-state index is 11.9. The Morgan fingerprint density at radius 3 is 2.76 bits per heavy atom. The highest BCUT2D eigenvalue weighted by Gasteiger charge is 2.33. The third kappa shape index (κ3) is 3.67. The Kier molecular flexibility index (Phi) is 4.04. The van der Waals surface area contributed by atoms with Crippen LogP contribution < -0.4 is 10.6 Å². The molecular weight excluding hydrogens is 240 g/mol. The van der Waals surface area contributed by atoms with Gasteiger partial charge in [0.05, 0.1) is 17.4 Å². The van der Waals surface area contributed by atoms with E-state index < -0.39 is 9.84 Å². The van der Waals surface area contributed by atoms with Crippen molar-refractivity contribution in [2.75, 3.05) is 24.6 Å². The zero-order valence-electron chi connectivity index (χ0n) is 9.94. The molecule has 98 valence electrons. The zero-order chi connectivity index (χ0) is 12.3. The molecule has 0 bridgehead atoms. The predicted molar refractivity (Wildman–Crippen MR) is 65.4 cm³/mol. The van der Waals surface area contributed by atoms with Gasteiger partial charge in [-0.1, -0.05) is 6.42 Å². The summed E-state index contributed by atoms with van der Waals surface area (Å²) in [7, 11) is -2.96. The number of sulfone groups is 1. The normalized spacial score (nSPS) is 32.9. The fourth-order valence-corrected chi connectivity index (χ4v) is 4.20. The first-order valence-electron chi connectivity index (χ1n) is 6.28. The average molecular weight is 260 g/mol. The van der Waals surface area contributed by atoms with E-state index in [0.29, 0.717) is 6.42 Å². The van der Waals surface area contributed by atoms with Gasteiger partial charge in [0, 0.05) is 12.6 Å². The van der Waals surface area contributed by atoms with Crippen LogP contribution in [0.1, 0.15) is 25.7 Å². The number of nitrogens with one attached hydrogen (secondary N) is 2. The van der Waals surface area contributed by atoms with Crippen LogP contribution in [0.15, 0.2) is 0 Å². The first kappa shape index (κ1) is 12.8. The largest absolute Gasteiger partial charge is 0.352 e. The van der Waals surface area contributed by atoms with E-state index in [1.54, 1.807) is 0 Å². The molecule has 5 nitrogen and oxygen atoms in total. The Morgan fingerprint density at radius 2 is 2.06 bits per heavy atom. The molecule has 0 radical (unpaired) electrons. The topological polar surface area (TPSA) is 75.3 Å². The molecule has 2 saturated heterocycles. The van der Waals surface area contributed by atoms with E-state index >= 15 is 0 Å². The van der Waals surface area contributed by atoms with E-state index in [9.17, 15) is 13.2 Å². The first-order valence-corrected chi connectivity index (χ1v) is 8.10. The smallest absolute Gasteiger partial charge is 0.224 e. The second kappa shape index (κ2) is 5.35. The minimum atomic E-state index is -2.96. The van der Waals surface area contributed by atoms with Gasteiger partial charge in [-0.2, -0.15) is 0 Å². The van der Waals surface area contributed by atoms with Crippen LogP contribution in [0.2, 0.25) is 0 Å². The molecule has 2 atom stereocenters. The van der Waals surface area contributed by atoms with Gasteiger partial charge in [0.1, 0.15) is 0 Å². The third-order valence-electron chi connectivity index (χ3n) is 3.50. The summed E-state index contributed by atoms with van der Waals surface area (Å²) in [4.78, 5) is 11.9. The lowest BCUT2D eigenvalue weighted by molar-refractivity contribution is -0.125. The quantitative estimate of drug-likeness (QED) is 0.713. The molecule has 2 unspecified atom stereocenters. The van der Waals surface area contributed by atoms with E-state index in [1.807, 2.05) is 0 Å². The van der Waals surface area contributed by atoms with Gasteiger partial charge in [0.2, 0.25) is 5.91 Å². The fraction of sp³-hybridized carbons (Fsp3) is 0.909. The first-order chi connectivity index (χ1) is 8.07. The highest BCUT2D eigenvalue weighted by molar-refractivity contribution is 7.91. The summed E-state index contributed by atoms with van der Waals surface area (Å²) in [6.07, 6.45) is 3.72. The average Bonchev–Trinajstić information content (AvgIpc) is 2.50. The van der Waals surface area contributed by atoms with Crippen molar-refractivity contribution >= 4 is 15.7 Å². The standard InChI is InChI=1S/C11H20N2O3S/c14-11(9-4-6-17(15,16)8-9)13-10-3-1-2-5-12-7-10/h9-10,12H,1-8H2,(H,13,14). The van der Waals surface area contributed by atoms with Crippen LogP contribution in [-0.4, -0.2) is 45.0 Å². The summed E-state index contributed by atoms with van der Waals surface area (Å²) in [6.45, 7) is 1.80. The highest BCUT2D eigenvalue weighted by Crippen LogP contribution is 2.19. The number of rotatable bonds is 2. The minimum Gasteiger partial charge on any atom is -0.352 e. The molecule has 0 spiro atoms. The van der Waals surface area contributed by atoms with Crippen LogP contribution in [0, 0.1) is 5.92 Å². The van der Waals surface area contributed by atoms with Crippen molar-refractivity contribution in [2.24, 2.45) is 5.92 Å². The van der Waals surface area contributed by atoms with Gasteiger partial charge < -0.3 is 10.6 Å². The van der Waals surface area contributed by atoms with E-state index in [-0.39, 0.29) is 29.4 Å². The van der Waals surface area contributed by atoms with Crippen LogP contribution in [0.25, 0.3) is 0 Å². The maximum absolute atomic E-state index is 11.9. The summed E-state index contributed by atoms with van der Waals surface area (Å²) in [5, 5.41) is 6.25. The number of hydrogen-bond donors (Lipinski definition) is 2. The van der Waals surface area contributed by atoms with Crippen molar-refractivity contribution < 1.29 is 13.2 Å². The molecule has 2 heterocycles. The molecule has 0 aromatic rings. The van der Waals surface area contributed by atoms with Crippen molar-refractivity contribution in [3.05, 3.63) is 0 Å². The fourth-order valence-electron chi connectivity index (χ4n) is 2.46. The molecule has 17 heavy (non-hydrogen) atoms. The van der Waals surface area contributed by atoms with Crippen LogP contribution in [-0.2, 0) is 14.6 Å². The molecule has 0 aromatic carbocycles. The summed E-state index contributed by atoms with van der Waals surface area (Å²) in [6, 6.07) is 0.160. The molecule has 0 aromatic heterocycles. The van der Waals surface area contributed by atoms with Gasteiger partial charge in [-0.3, -0.25) is 4.79 Å². The van der Waals surface area contributed by atoms with Crippen molar-refractivity contribution in [1.29, 1.82) is 0 Å². The molecular formula is C11H20N2O3S. The lowest BCUT2D eigenvalue weighted by Crippen LogP contribution is -2.43. The molecule has 2 fully saturated rings. The Balaban J connectivity index is 1.84. The second-order valence-corrected chi connectivity index (χ2v) is 7.23. The number of hydrogen-bond acceptors (Lipinski definition) is 4. The van der Waals surface area contributed by atoms with Crippen molar-refractivity contribution in [2.45, 2.75) is 31.7 Å². The van der Waals surface area contributed by atoms with Gasteiger partial charge in [-0.25, -0.2) is 8.42 Å². The number of carbonyl (C=O) groups is 1. The zero-order valence-corrected chi connectivity index (χ0v) is 10.8. The molecule has 0 aliphatic carbocycles. The summed E-state index contributed by atoms with van der Waals surface area (Å²) in [5.41, 5.74) is 0. The summed E-state index contributed by atoms with van der Waals surface area (Å²) in [5.74, 6) is -0.226. The Morgan fingerprint density at radius 1 is 1.24 bits per heavy atom. The molecule has 0 saturated carbocycles. The van der Waals surface area contributed by atoms with Gasteiger partial charge in [-0.15, -0.1) is 0 Å². The van der Waals surface area contributed by atoms with Gasteiger partial charge >= 0.3 is 0 Å². The lowest BCUT2D eigenvalue weighted by atomic mass is 10.1. The number of carbonyl (C=O) groups excluding carboxylic acids is 1. The van der Waals surface area contributed by atoms with E-state index in [2.05, 4.69) is 10.6 Å². The Hall–Kier alpha value is -0.620. The second-order valence-electron chi connectivity index (χ2n) is 5.01. The molecule has 2 aliphatic rings. The van der Waals surface area contributed by atoms with Crippen LogP contribution in [0.4, 0.5) is 0 Å². The lowest BCUT2D eigenvalue weighted by Gasteiger charge is -2.18.